The summed E-state index contributed by atoms with van der Waals surface area (Å²) in [5.41, 5.74) is 4.83. The molecule has 2 N–H and O–H groups in total. The van der Waals surface area contributed by atoms with Gasteiger partial charge in [0, 0.05) is 24.3 Å². The molecular weight excluding hydrogens is 422 g/mol. The number of aromatic hydroxyl groups is 1. The first kappa shape index (κ1) is 21.3. The minimum absolute atomic E-state index is 0.0165. The third kappa shape index (κ3) is 3.60. The van der Waals surface area contributed by atoms with E-state index in [2.05, 4.69) is 10.2 Å². The highest BCUT2D eigenvalue weighted by Gasteiger charge is 2.44. The summed E-state index contributed by atoms with van der Waals surface area (Å²) in [4.78, 5) is 15.4. The molecule has 1 saturated heterocycles. The second-order valence-corrected chi connectivity index (χ2v) is 8.50. The highest BCUT2D eigenvalue weighted by molar-refractivity contribution is 6.00. The maximum Gasteiger partial charge on any atom is 0.273 e. The molecule has 0 aliphatic carbocycles. The molecule has 0 radical (unpaired) electrons. The van der Waals surface area contributed by atoms with Crippen LogP contribution in [0.5, 0.6) is 17.2 Å². The summed E-state index contributed by atoms with van der Waals surface area (Å²) >= 11 is 0. The highest BCUT2D eigenvalue weighted by Crippen LogP contribution is 2.47. The fourth-order valence-electron chi connectivity index (χ4n) is 4.74. The zero-order valence-corrected chi connectivity index (χ0v) is 18.9. The standard InChI is InChI=1S/C25H27N3O5/c1-14-6-8-15(9-7-14)21-20-22(27-26-21)25(30)28(13-17-5-4-10-33-17)23(20)16-11-18(31-2)24(29)19(12-16)32-3/h6-9,11-12,17,23,29H,4-5,10,13H2,1-3H3,(H,26,27). The first-order chi connectivity index (χ1) is 16.0. The third-order valence-corrected chi connectivity index (χ3v) is 6.43. The smallest absolute Gasteiger partial charge is 0.273 e. The van der Waals surface area contributed by atoms with E-state index in [1.54, 1.807) is 12.1 Å². The molecule has 2 aliphatic heterocycles. The van der Waals surface area contributed by atoms with Gasteiger partial charge in [-0.1, -0.05) is 29.8 Å². The van der Waals surface area contributed by atoms with Gasteiger partial charge in [-0.05, 0) is 37.5 Å². The monoisotopic (exact) mass is 449 g/mol. The van der Waals surface area contributed by atoms with Crippen molar-refractivity contribution in [3.8, 4) is 28.5 Å². The van der Waals surface area contributed by atoms with Crippen LogP contribution < -0.4 is 9.47 Å². The predicted octanol–water partition coefficient (Wildman–Crippen LogP) is 3.83. The largest absolute Gasteiger partial charge is 0.502 e. The van der Waals surface area contributed by atoms with E-state index in [1.165, 1.54) is 14.2 Å². The molecular formula is C25H27N3O5. The number of aromatic amines is 1. The molecule has 0 bridgehead atoms. The van der Waals surface area contributed by atoms with E-state index < -0.39 is 6.04 Å². The molecule has 8 heteroatoms. The SMILES string of the molecule is COc1cc(C2c3c(-c4ccc(C)cc4)n[nH]c3C(=O)N2CC2CCCO2)cc(OC)c1O. The van der Waals surface area contributed by atoms with Crippen molar-refractivity contribution >= 4 is 5.91 Å². The Morgan fingerprint density at radius 2 is 1.88 bits per heavy atom. The van der Waals surface area contributed by atoms with Crippen LogP contribution in [0.2, 0.25) is 0 Å². The van der Waals surface area contributed by atoms with Gasteiger partial charge < -0.3 is 24.2 Å². The van der Waals surface area contributed by atoms with Gasteiger partial charge in [0.2, 0.25) is 5.75 Å². The van der Waals surface area contributed by atoms with Crippen LogP contribution in [0.1, 0.15) is 46.1 Å². The van der Waals surface area contributed by atoms with Gasteiger partial charge >= 0.3 is 0 Å². The number of nitrogens with one attached hydrogen (secondary N) is 1. The Morgan fingerprint density at radius 1 is 1.18 bits per heavy atom. The zero-order chi connectivity index (χ0) is 23.1. The van der Waals surface area contributed by atoms with Crippen molar-refractivity contribution in [2.24, 2.45) is 0 Å². The Kier molecular flexibility index (Phi) is 5.46. The Hall–Kier alpha value is -3.52. The van der Waals surface area contributed by atoms with E-state index in [9.17, 15) is 9.90 Å². The number of aromatic nitrogens is 2. The second kappa shape index (κ2) is 8.44. The number of hydrogen-bond acceptors (Lipinski definition) is 6. The molecule has 1 aromatic heterocycles. The van der Waals surface area contributed by atoms with Crippen LogP contribution in [0, 0.1) is 6.92 Å². The lowest BCUT2D eigenvalue weighted by Gasteiger charge is -2.29. The summed E-state index contributed by atoms with van der Waals surface area (Å²) in [6.45, 7) is 3.20. The minimum atomic E-state index is -0.435. The van der Waals surface area contributed by atoms with Crippen LogP contribution in [0.3, 0.4) is 0 Å². The number of aryl methyl sites for hydroxylation is 1. The summed E-state index contributed by atoms with van der Waals surface area (Å²) in [6.07, 6.45) is 1.88. The maximum absolute atomic E-state index is 13.5. The van der Waals surface area contributed by atoms with Crippen molar-refractivity contribution < 1.29 is 24.1 Å². The molecule has 33 heavy (non-hydrogen) atoms. The first-order valence-electron chi connectivity index (χ1n) is 11.0. The fraction of sp³-hybridized carbons (Fsp3) is 0.360. The Labute approximate surface area is 192 Å². The van der Waals surface area contributed by atoms with Crippen molar-refractivity contribution in [3.63, 3.8) is 0 Å². The summed E-state index contributed by atoms with van der Waals surface area (Å²) in [6, 6.07) is 11.1. The van der Waals surface area contributed by atoms with E-state index in [0.717, 1.165) is 40.8 Å². The molecule has 3 heterocycles. The Balaban J connectivity index is 1.67. The number of fused-ring (bicyclic) bond motifs is 1. The number of hydrogen-bond donors (Lipinski definition) is 2. The number of phenolic OH excluding ortho intramolecular Hbond substituents is 1. The van der Waals surface area contributed by atoms with E-state index in [4.69, 9.17) is 14.2 Å². The zero-order valence-electron chi connectivity index (χ0n) is 18.9. The average molecular weight is 450 g/mol. The van der Waals surface area contributed by atoms with E-state index in [0.29, 0.717) is 18.8 Å². The van der Waals surface area contributed by atoms with Crippen LogP contribution in [-0.2, 0) is 4.74 Å². The molecule has 1 fully saturated rings. The van der Waals surface area contributed by atoms with Gasteiger partial charge in [0.1, 0.15) is 5.69 Å². The van der Waals surface area contributed by atoms with E-state index in [1.807, 2.05) is 36.1 Å². The lowest BCUT2D eigenvalue weighted by molar-refractivity contribution is 0.0495. The molecule has 8 nitrogen and oxygen atoms in total. The predicted molar refractivity (Wildman–Crippen MR) is 122 cm³/mol. The normalized spacial score (nSPS) is 19.7. The quantitative estimate of drug-likeness (QED) is 0.594. The molecule has 3 aromatic rings. The van der Waals surface area contributed by atoms with Gasteiger partial charge in [0.25, 0.3) is 5.91 Å². The molecule has 0 saturated carbocycles. The molecule has 2 aliphatic rings. The number of rotatable bonds is 6. The van der Waals surface area contributed by atoms with Crippen molar-refractivity contribution in [1.29, 1.82) is 0 Å². The molecule has 2 aromatic carbocycles. The number of carbonyl (C=O) groups excluding carboxylic acids is 1. The maximum atomic E-state index is 13.5. The van der Waals surface area contributed by atoms with Crippen LogP contribution in [0.4, 0.5) is 0 Å². The number of ether oxygens (including phenoxy) is 3. The van der Waals surface area contributed by atoms with Crippen LogP contribution in [0.15, 0.2) is 36.4 Å². The van der Waals surface area contributed by atoms with Gasteiger partial charge in [-0.15, -0.1) is 0 Å². The van der Waals surface area contributed by atoms with Crippen LogP contribution >= 0.6 is 0 Å². The Morgan fingerprint density at radius 3 is 2.48 bits per heavy atom. The van der Waals surface area contributed by atoms with Crippen molar-refractivity contribution in [2.45, 2.75) is 31.9 Å². The van der Waals surface area contributed by atoms with Gasteiger partial charge in [-0.2, -0.15) is 5.10 Å². The number of phenols is 1. The third-order valence-electron chi connectivity index (χ3n) is 6.43. The van der Waals surface area contributed by atoms with Crippen LogP contribution in [-0.4, -0.2) is 59.6 Å². The number of nitrogens with zero attached hydrogens (tertiary/aromatic N) is 2. The van der Waals surface area contributed by atoms with E-state index >= 15 is 0 Å². The van der Waals surface area contributed by atoms with E-state index in [-0.39, 0.29) is 29.3 Å². The summed E-state index contributed by atoms with van der Waals surface area (Å²) in [7, 11) is 2.98. The topological polar surface area (TPSA) is 96.9 Å². The van der Waals surface area contributed by atoms with Crippen molar-refractivity contribution in [2.75, 3.05) is 27.4 Å². The molecule has 5 rings (SSSR count). The number of methoxy groups -OCH3 is 2. The van der Waals surface area contributed by atoms with Crippen molar-refractivity contribution in [1.82, 2.24) is 15.1 Å². The second-order valence-electron chi connectivity index (χ2n) is 8.50. The number of carbonyl (C=O) groups is 1. The lowest BCUT2D eigenvalue weighted by Crippen LogP contribution is -2.36. The summed E-state index contributed by atoms with van der Waals surface area (Å²) in [5.74, 6) is 0.359. The van der Waals surface area contributed by atoms with Gasteiger partial charge in [0.05, 0.1) is 32.1 Å². The highest BCUT2D eigenvalue weighted by atomic mass is 16.5. The van der Waals surface area contributed by atoms with Gasteiger partial charge in [-0.3, -0.25) is 9.89 Å². The number of benzene rings is 2. The number of H-pyrrole nitrogens is 1. The molecule has 172 valence electrons. The minimum Gasteiger partial charge on any atom is -0.502 e. The average Bonchev–Trinajstić information content (AvgIpc) is 3.54. The fourth-order valence-corrected chi connectivity index (χ4v) is 4.74. The van der Waals surface area contributed by atoms with Crippen molar-refractivity contribution in [3.05, 3.63) is 58.8 Å². The summed E-state index contributed by atoms with van der Waals surface area (Å²) in [5, 5.41) is 17.9. The first-order valence-corrected chi connectivity index (χ1v) is 11.0. The van der Waals surface area contributed by atoms with Crippen LogP contribution in [0.25, 0.3) is 11.3 Å². The Bertz CT molecular complexity index is 1160. The molecule has 2 unspecified atom stereocenters. The van der Waals surface area contributed by atoms with Gasteiger partial charge in [-0.25, -0.2) is 0 Å². The molecule has 0 spiro atoms. The lowest BCUT2D eigenvalue weighted by atomic mass is 9.95. The van der Waals surface area contributed by atoms with Gasteiger partial charge in [0.15, 0.2) is 11.5 Å². The number of amides is 1. The summed E-state index contributed by atoms with van der Waals surface area (Å²) < 4.78 is 16.6. The molecule has 2 atom stereocenters. The molecule has 1 amide bonds.